The minimum Gasteiger partial charge on any atom is -0.338 e. The summed E-state index contributed by atoms with van der Waals surface area (Å²) in [6.45, 7) is 3.84. The Morgan fingerprint density at radius 2 is 2.18 bits per heavy atom. The number of rotatable bonds is 4. The maximum Gasteiger partial charge on any atom is 0.254 e. The van der Waals surface area contributed by atoms with Gasteiger partial charge >= 0.3 is 0 Å². The van der Waals surface area contributed by atoms with E-state index >= 15 is 0 Å². The van der Waals surface area contributed by atoms with Crippen LogP contribution >= 0.6 is 12.6 Å². The average molecular weight is 249 g/mol. The lowest BCUT2D eigenvalue weighted by molar-refractivity contribution is 0.0716. The molecule has 0 radical (unpaired) electrons. The molecule has 0 spiro atoms. The van der Waals surface area contributed by atoms with Crippen LogP contribution in [0.4, 0.5) is 0 Å². The van der Waals surface area contributed by atoms with Crippen molar-refractivity contribution in [3.05, 3.63) is 35.4 Å². The molecule has 0 N–H and O–H groups in total. The van der Waals surface area contributed by atoms with E-state index in [1.807, 2.05) is 23.1 Å². The highest BCUT2D eigenvalue weighted by Gasteiger charge is 2.24. The molecule has 0 bridgehead atoms. The van der Waals surface area contributed by atoms with Crippen molar-refractivity contribution >= 4 is 18.5 Å². The molecule has 1 amide bonds. The standard InChI is InChI=1S/C14H19NOS/c1-2-11(10-17)9-15-8-7-12-5-3-4-6-13(12)14(15)16/h3-6,11,17H,2,7-10H2,1H3. The molecule has 1 aromatic carbocycles. The Bertz CT molecular complexity index is 401. The second-order valence-corrected chi connectivity index (χ2v) is 4.98. The molecular formula is C14H19NOS. The van der Waals surface area contributed by atoms with Gasteiger partial charge in [-0.05, 0) is 29.7 Å². The van der Waals surface area contributed by atoms with Crippen LogP contribution in [-0.4, -0.2) is 29.6 Å². The molecule has 0 fully saturated rings. The molecule has 0 saturated heterocycles. The van der Waals surface area contributed by atoms with Crippen molar-refractivity contribution in [1.29, 1.82) is 0 Å². The van der Waals surface area contributed by atoms with Crippen LogP contribution in [0, 0.1) is 5.92 Å². The fourth-order valence-electron chi connectivity index (χ4n) is 2.28. The van der Waals surface area contributed by atoms with Crippen LogP contribution in [0.1, 0.15) is 29.3 Å². The molecule has 17 heavy (non-hydrogen) atoms. The highest BCUT2D eigenvalue weighted by Crippen LogP contribution is 2.20. The number of hydrogen-bond donors (Lipinski definition) is 1. The van der Waals surface area contributed by atoms with E-state index in [1.54, 1.807) is 0 Å². The van der Waals surface area contributed by atoms with Crippen molar-refractivity contribution in [1.82, 2.24) is 4.90 Å². The van der Waals surface area contributed by atoms with Gasteiger partial charge in [-0.2, -0.15) is 12.6 Å². The van der Waals surface area contributed by atoms with Crippen LogP contribution in [0.15, 0.2) is 24.3 Å². The number of benzene rings is 1. The fraction of sp³-hybridized carbons (Fsp3) is 0.500. The van der Waals surface area contributed by atoms with E-state index in [9.17, 15) is 4.79 Å². The van der Waals surface area contributed by atoms with E-state index in [1.165, 1.54) is 5.56 Å². The van der Waals surface area contributed by atoms with Crippen LogP contribution < -0.4 is 0 Å². The van der Waals surface area contributed by atoms with Crippen LogP contribution in [0.5, 0.6) is 0 Å². The van der Waals surface area contributed by atoms with Crippen molar-refractivity contribution in [3.63, 3.8) is 0 Å². The molecule has 0 aromatic heterocycles. The van der Waals surface area contributed by atoms with Crippen molar-refractivity contribution in [3.8, 4) is 0 Å². The lowest BCUT2D eigenvalue weighted by Crippen LogP contribution is -2.40. The first kappa shape index (κ1) is 12.5. The summed E-state index contributed by atoms with van der Waals surface area (Å²) < 4.78 is 0. The van der Waals surface area contributed by atoms with Gasteiger partial charge in [0.2, 0.25) is 0 Å². The third-order valence-electron chi connectivity index (χ3n) is 3.50. The number of hydrogen-bond acceptors (Lipinski definition) is 2. The van der Waals surface area contributed by atoms with Crippen molar-refractivity contribution in [2.24, 2.45) is 5.92 Å². The summed E-state index contributed by atoms with van der Waals surface area (Å²) in [6.07, 6.45) is 2.06. The molecule has 2 rings (SSSR count). The molecule has 92 valence electrons. The maximum atomic E-state index is 12.3. The molecule has 1 unspecified atom stereocenters. The summed E-state index contributed by atoms with van der Waals surface area (Å²) in [7, 11) is 0. The first-order valence-electron chi connectivity index (χ1n) is 6.24. The van der Waals surface area contributed by atoms with Gasteiger partial charge in [-0.25, -0.2) is 0 Å². The molecule has 1 aliphatic rings. The van der Waals surface area contributed by atoms with E-state index < -0.39 is 0 Å². The lowest BCUT2D eigenvalue weighted by Gasteiger charge is -2.31. The monoisotopic (exact) mass is 249 g/mol. The van der Waals surface area contributed by atoms with Gasteiger partial charge in [-0.3, -0.25) is 4.79 Å². The van der Waals surface area contributed by atoms with Gasteiger partial charge in [0.25, 0.3) is 5.91 Å². The van der Waals surface area contributed by atoms with E-state index in [0.29, 0.717) is 5.92 Å². The van der Waals surface area contributed by atoms with E-state index in [-0.39, 0.29) is 5.91 Å². The van der Waals surface area contributed by atoms with Crippen LogP contribution in [0.2, 0.25) is 0 Å². The van der Waals surface area contributed by atoms with E-state index in [4.69, 9.17) is 0 Å². The van der Waals surface area contributed by atoms with Gasteiger partial charge in [0.15, 0.2) is 0 Å². The Labute approximate surface area is 108 Å². The van der Waals surface area contributed by atoms with E-state index in [2.05, 4.69) is 25.6 Å². The molecule has 2 nitrogen and oxygen atoms in total. The first-order chi connectivity index (χ1) is 8.26. The zero-order valence-corrected chi connectivity index (χ0v) is 11.1. The molecule has 1 heterocycles. The molecular weight excluding hydrogens is 230 g/mol. The Hall–Kier alpha value is -0.960. The zero-order valence-electron chi connectivity index (χ0n) is 10.2. The van der Waals surface area contributed by atoms with Gasteiger partial charge in [-0.1, -0.05) is 31.5 Å². The predicted molar refractivity (Wildman–Crippen MR) is 73.7 cm³/mol. The van der Waals surface area contributed by atoms with Gasteiger partial charge in [-0.15, -0.1) is 0 Å². The summed E-state index contributed by atoms with van der Waals surface area (Å²) >= 11 is 4.34. The first-order valence-corrected chi connectivity index (χ1v) is 6.87. The molecule has 1 aromatic rings. The molecule has 0 aliphatic carbocycles. The Kier molecular flexibility index (Phi) is 4.11. The van der Waals surface area contributed by atoms with Crippen LogP contribution in [0.3, 0.4) is 0 Å². The second kappa shape index (κ2) is 5.58. The molecule has 3 heteroatoms. The quantitative estimate of drug-likeness (QED) is 0.813. The average Bonchev–Trinajstić information content (AvgIpc) is 2.38. The number of carbonyl (C=O) groups is 1. The number of amides is 1. The molecule has 1 aliphatic heterocycles. The highest BCUT2D eigenvalue weighted by atomic mass is 32.1. The number of carbonyl (C=O) groups excluding carboxylic acids is 1. The Morgan fingerprint density at radius 1 is 1.41 bits per heavy atom. The number of thiol groups is 1. The highest BCUT2D eigenvalue weighted by molar-refractivity contribution is 7.80. The summed E-state index contributed by atoms with van der Waals surface area (Å²) in [5.41, 5.74) is 2.07. The SMILES string of the molecule is CCC(CS)CN1CCc2ccccc2C1=O. The minimum absolute atomic E-state index is 0.187. The van der Waals surface area contributed by atoms with Crippen LogP contribution in [-0.2, 0) is 6.42 Å². The summed E-state index contributed by atoms with van der Waals surface area (Å²) in [6, 6.07) is 7.94. The third kappa shape index (κ3) is 2.65. The normalized spacial score (nSPS) is 16.8. The Morgan fingerprint density at radius 3 is 2.88 bits per heavy atom. The van der Waals surface area contributed by atoms with Crippen molar-refractivity contribution in [2.45, 2.75) is 19.8 Å². The van der Waals surface area contributed by atoms with Gasteiger partial charge < -0.3 is 4.90 Å². The predicted octanol–water partition coefficient (Wildman–Crippen LogP) is 2.64. The summed E-state index contributed by atoms with van der Waals surface area (Å²) in [4.78, 5) is 14.3. The van der Waals surface area contributed by atoms with E-state index in [0.717, 1.165) is 37.2 Å². The topological polar surface area (TPSA) is 20.3 Å². The van der Waals surface area contributed by atoms with Crippen molar-refractivity contribution < 1.29 is 4.79 Å². The smallest absolute Gasteiger partial charge is 0.254 e. The maximum absolute atomic E-state index is 12.3. The third-order valence-corrected chi connectivity index (χ3v) is 4.02. The Balaban J connectivity index is 2.12. The second-order valence-electron chi connectivity index (χ2n) is 4.62. The van der Waals surface area contributed by atoms with Gasteiger partial charge in [0, 0.05) is 18.7 Å². The van der Waals surface area contributed by atoms with Crippen LogP contribution in [0.25, 0.3) is 0 Å². The van der Waals surface area contributed by atoms with Gasteiger partial charge in [0.1, 0.15) is 0 Å². The minimum atomic E-state index is 0.187. The molecule has 1 atom stereocenters. The lowest BCUT2D eigenvalue weighted by atomic mass is 9.98. The van der Waals surface area contributed by atoms with Crippen molar-refractivity contribution in [2.75, 3.05) is 18.8 Å². The zero-order chi connectivity index (χ0) is 12.3. The number of nitrogens with zero attached hydrogens (tertiary/aromatic N) is 1. The summed E-state index contributed by atoms with van der Waals surface area (Å²) in [5.74, 6) is 1.54. The fourth-order valence-corrected chi connectivity index (χ4v) is 2.65. The largest absolute Gasteiger partial charge is 0.338 e. The summed E-state index contributed by atoms with van der Waals surface area (Å²) in [5, 5.41) is 0. The number of fused-ring (bicyclic) bond motifs is 1. The van der Waals surface area contributed by atoms with Gasteiger partial charge in [0.05, 0.1) is 0 Å². The molecule has 0 saturated carbocycles.